The second kappa shape index (κ2) is 10.1. The maximum atomic E-state index is 11.4. The van der Waals surface area contributed by atoms with E-state index in [-0.39, 0.29) is 5.97 Å². The Labute approximate surface area is 154 Å². The van der Waals surface area contributed by atoms with Gasteiger partial charge in [0.2, 0.25) is 0 Å². The van der Waals surface area contributed by atoms with Crippen molar-refractivity contribution < 1.29 is 14.3 Å². The van der Waals surface area contributed by atoms with Gasteiger partial charge in [0.05, 0.1) is 19.8 Å². The van der Waals surface area contributed by atoms with E-state index in [0.29, 0.717) is 12.1 Å². The highest BCUT2D eigenvalue weighted by Gasteiger charge is 2.04. The van der Waals surface area contributed by atoms with Gasteiger partial charge >= 0.3 is 5.97 Å². The van der Waals surface area contributed by atoms with Crippen molar-refractivity contribution in [1.82, 2.24) is 10.6 Å². The van der Waals surface area contributed by atoms with Crippen molar-refractivity contribution in [2.75, 3.05) is 27.8 Å². The number of esters is 1. The molecular formula is C20H25N3O3. The molecule has 0 aliphatic rings. The lowest BCUT2D eigenvalue weighted by atomic mass is 10.1. The standard InChI is InChI=1S/C20H25N3O3/c1-21-20(23-14-16-6-10-18(25-2)11-7-16)22-13-12-15-4-8-17(9-5-15)19(24)26-3/h4-11H,12-14H2,1-3H3,(H2,21,22,23). The van der Waals surface area contributed by atoms with E-state index in [1.165, 1.54) is 7.11 Å². The number of nitrogens with zero attached hydrogens (tertiary/aromatic N) is 1. The van der Waals surface area contributed by atoms with E-state index < -0.39 is 0 Å². The van der Waals surface area contributed by atoms with Crippen molar-refractivity contribution in [3.8, 4) is 5.75 Å². The normalized spacial score (nSPS) is 11.0. The lowest BCUT2D eigenvalue weighted by Crippen LogP contribution is -2.37. The minimum atomic E-state index is -0.321. The van der Waals surface area contributed by atoms with Gasteiger partial charge < -0.3 is 20.1 Å². The molecule has 0 unspecified atom stereocenters. The van der Waals surface area contributed by atoms with Crippen molar-refractivity contribution in [3.05, 3.63) is 65.2 Å². The van der Waals surface area contributed by atoms with Crippen LogP contribution in [0.3, 0.4) is 0 Å². The highest BCUT2D eigenvalue weighted by molar-refractivity contribution is 5.89. The molecule has 138 valence electrons. The Bertz CT molecular complexity index is 725. The Morgan fingerprint density at radius 1 is 0.962 bits per heavy atom. The van der Waals surface area contributed by atoms with Gasteiger partial charge in [0.25, 0.3) is 0 Å². The van der Waals surface area contributed by atoms with Crippen LogP contribution >= 0.6 is 0 Å². The lowest BCUT2D eigenvalue weighted by molar-refractivity contribution is 0.0600. The van der Waals surface area contributed by atoms with E-state index in [1.807, 2.05) is 36.4 Å². The van der Waals surface area contributed by atoms with E-state index >= 15 is 0 Å². The summed E-state index contributed by atoms with van der Waals surface area (Å²) < 4.78 is 9.85. The maximum absolute atomic E-state index is 11.4. The van der Waals surface area contributed by atoms with Gasteiger partial charge in [-0.15, -0.1) is 0 Å². The number of rotatable bonds is 7. The molecule has 0 spiro atoms. The van der Waals surface area contributed by atoms with Crippen LogP contribution in [0.4, 0.5) is 0 Å². The topological polar surface area (TPSA) is 72.0 Å². The third-order valence-corrected chi connectivity index (χ3v) is 3.92. The van der Waals surface area contributed by atoms with E-state index in [4.69, 9.17) is 9.47 Å². The number of carbonyl (C=O) groups excluding carboxylic acids is 1. The van der Waals surface area contributed by atoms with Crippen molar-refractivity contribution >= 4 is 11.9 Å². The zero-order valence-electron chi connectivity index (χ0n) is 15.4. The molecule has 2 aromatic carbocycles. The molecule has 0 atom stereocenters. The molecule has 0 amide bonds. The highest BCUT2D eigenvalue weighted by Crippen LogP contribution is 2.11. The molecule has 0 aliphatic heterocycles. The number of carbonyl (C=O) groups is 1. The van der Waals surface area contributed by atoms with Gasteiger partial charge in [0, 0.05) is 20.1 Å². The van der Waals surface area contributed by atoms with Gasteiger partial charge in [-0.2, -0.15) is 0 Å². The molecule has 0 aromatic heterocycles. The molecule has 2 rings (SSSR count). The van der Waals surface area contributed by atoms with Crippen LogP contribution in [0.15, 0.2) is 53.5 Å². The molecule has 0 heterocycles. The summed E-state index contributed by atoms with van der Waals surface area (Å²) in [4.78, 5) is 15.7. The minimum absolute atomic E-state index is 0.321. The zero-order chi connectivity index (χ0) is 18.8. The van der Waals surface area contributed by atoms with Crippen LogP contribution < -0.4 is 15.4 Å². The summed E-state index contributed by atoms with van der Waals surface area (Å²) in [6.45, 7) is 1.41. The Balaban J connectivity index is 1.76. The first-order valence-electron chi connectivity index (χ1n) is 8.41. The first-order valence-corrected chi connectivity index (χ1v) is 8.41. The fourth-order valence-corrected chi connectivity index (χ4v) is 2.40. The number of nitrogens with one attached hydrogen (secondary N) is 2. The molecule has 0 bridgehead atoms. The van der Waals surface area contributed by atoms with Gasteiger partial charge in [-0.3, -0.25) is 4.99 Å². The van der Waals surface area contributed by atoms with E-state index in [2.05, 4.69) is 15.6 Å². The van der Waals surface area contributed by atoms with Crippen molar-refractivity contribution in [2.24, 2.45) is 4.99 Å². The Morgan fingerprint density at radius 3 is 2.19 bits per heavy atom. The van der Waals surface area contributed by atoms with Gasteiger partial charge in [-0.05, 0) is 41.8 Å². The number of hydrogen-bond donors (Lipinski definition) is 2. The molecule has 2 aromatic rings. The minimum Gasteiger partial charge on any atom is -0.497 e. The first kappa shape index (κ1) is 19.3. The molecule has 2 N–H and O–H groups in total. The van der Waals surface area contributed by atoms with Crippen LogP contribution in [-0.4, -0.2) is 39.7 Å². The van der Waals surface area contributed by atoms with Gasteiger partial charge in [0.1, 0.15) is 5.75 Å². The number of methoxy groups -OCH3 is 2. The van der Waals surface area contributed by atoms with Crippen molar-refractivity contribution in [3.63, 3.8) is 0 Å². The number of ether oxygens (including phenoxy) is 2. The quantitative estimate of drug-likeness (QED) is 0.453. The molecule has 0 fully saturated rings. The fraction of sp³-hybridized carbons (Fsp3) is 0.300. The predicted molar refractivity (Wildman–Crippen MR) is 103 cm³/mol. The van der Waals surface area contributed by atoms with Crippen LogP contribution in [0.2, 0.25) is 0 Å². The third-order valence-electron chi connectivity index (χ3n) is 3.92. The molecule has 0 radical (unpaired) electrons. The summed E-state index contributed by atoms with van der Waals surface area (Å²) in [5.74, 6) is 1.26. The monoisotopic (exact) mass is 355 g/mol. The van der Waals surface area contributed by atoms with Crippen molar-refractivity contribution in [2.45, 2.75) is 13.0 Å². The molecule has 0 aliphatic carbocycles. The van der Waals surface area contributed by atoms with Crippen LogP contribution in [0, 0.1) is 0 Å². The number of hydrogen-bond acceptors (Lipinski definition) is 4. The zero-order valence-corrected chi connectivity index (χ0v) is 15.4. The SMILES string of the molecule is CN=C(NCCc1ccc(C(=O)OC)cc1)NCc1ccc(OC)cc1. The summed E-state index contributed by atoms with van der Waals surface area (Å²) in [5.41, 5.74) is 2.84. The highest BCUT2D eigenvalue weighted by atomic mass is 16.5. The van der Waals surface area contributed by atoms with Crippen LogP contribution in [0.25, 0.3) is 0 Å². The Kier molecular flexibility index (Phi) is 7.49. The van der Waals surface area contributed by atoms with Gasteiger partial charge in [-0.1, -0.05) is 24.3 Å². The summed E-state index contributed by atoms with van der Waals surface area (Å²) in [6.07, 6.45) is 0.824. The Morgan fingerprint density at radius 2 is 1.62 bits per heavy atom. The molecule has 0 saturated carbocycles. The molecular weight excluding hydrogens is 330 g/mol. The second-order valence-electron chi connectivity index (χ2n) is 5.64. The van der Waals surface area contributed by atoms with E-state index in [9.17, 15) is 4.79 Å². The van der Waals surface area contributed by atoms with E-state index in [0.717, 1.165) is 35.8 Å². The second-order valence-corrected chi connectivity index (χ2v) is 5.64. The van der Waals surface area contributed by atoms with Crippen LogP contribution in [0.1, 0.15) is 21.5 Å². The number of aliphatic imine (C=N–C) groups is 1. The third kappa shape index (κ3) is 5.81. The average molecular weight is 355 g/mol. The van der Waals surface area contributed by atoms with Crippen LogP contribution in [-0.2, 0) is 17.7 Å². The van der Waals surface area contributed by atoms with Gasteiger partial charge in [0.15, 0.2) is 5.96 Å². The molecule has 0 saturated heterocycles. The fourth-order valence-electron chi connectivity index (χ4n) is 2.40. The number of guanidine groups is 1. The summed E-state index contributed by atoms with van der Waals surface area (Å²) in [7, 11) is 4.78. The summed E-state index contributed by atoms with van der Waals surface area (Å²) >= 11 is 0. The predicted octanol–water partition coefficient (Wildman–Crippen LogP) is 2.39. The largest absolute Gasteiger partial charge is 0.497 e. The molecule has 26 heavy (non-hydrogen) atoms. The number of benzene rings is 2. The maximum Gasteiger partial charge on any atom is 0.337 e. The summed E-state index contributed by atoms with van der Waals surface area (Å²) in [5, 5.41) is 6.56. The molecule has 6 nitrogen and oxygen atoms in total. The van der Waals surface area contributed by atoms with Crippen LogP contribution in [0.5, 0.6) is 5.75 Å². The van der Waals surface area contributed by atoms with E-state index in [1.54, 1.807) is 26.3 Å². The smallest absolute Gasteiger partial charge is 0.337 e. The molecule has 6 heteroatoms. The summed E-state index contributed by atoms with van der Waals surface area (Å²) in [6, 6.07) is 15.3. The average Bonchev–Trinajstić information content (AvgIpc) is 2.70. The lowest BCUT2D eigenvalue weighted by Gasteiger charge is -2.12. The Hall–Kier alpha value is -3.02. The first-order chi connectivity index (χ1) is 12.7. The van der Waals surface area contributed by atoms with Crippen molar-refractivity contribution in [1.29, 1.82) is 0 Å². The van der Waals surface area contributed by atoms with Gasteiger partial charge in [-0.25, -0.2) is 4.79 Å².